The van der Waals surface area contributed by atoms with Crippen molar-refractivity contribution in [3.63, 3.8) is 0 Å². The van der Waals surface area contributed by atoms with E-state index in [1.54, 1.807) is 91.0 Å². The second-order valence-corrected chi connectivity index (χ2v) is 10.9. The molecule has 2 aromatic heterocycles. The van der Waals surface area contributed by atoms with E-state index in [2.05, 4.69) is 9.97 Å². The Morgan fingerprint density at radius 2 is 1.33 bits per heavy atom. The Bertz CT molecular complexity index is 1810. The number of aromatic nitrogens is 2. The highest BCUT2D eigenvalue weighted by Crippen LogP contribution is 2.43. The van der Waals surface area contributed by atoms with Crippen LogP contribution in [0.15, 0.2) is 103 Å². The van der Waals surface area contributed by atoms with Gasteiger partial charge in [-0.2, -0.15) is 0 Å². The zero-order chi connectivity index (χ0) is 29.8. The molecule has 0 radical (unpaired) electrons. The molecular formula is C32H24N2O7S2. The largest absolute Gasteiger partial charge is 0.459 e. The highest BCUT2D eigenvalue weighted by Gasteiger charge is 2.52. The number of ether oxygens (including phenoxy) is 4. The molecule has 43 heavy (non-hydrogen) atoms. The summed E-state index contributed by atoms with van der Waals surface area (Å²) >= 11 is 6.74. The minimum absolute atomic E-state index is 0.267. The third-order valence-corrected chi connectivity index (χ3v) is 8.27. The van der Waals surface area contributed by atoms with Crippen molar-refractivity contribution in [2.45, 2.75) is 24.4 Å². The van der Waals surface area contributed by atoms with Gasteiger partial charge in [0.1, 0.15) is 23.5 Å². The van der Waals surface area contributed by atoms with Gasteiger partial charge in [0.2, 0.25) is 0 Å². The van der Waals surface area contributed by atoms with Gasteiger partial charge in [0.05, 0.1) is 33.4 Å². The van der Waals surface area contributed by atoms with Crippen molar-refractivity contribution in [1.82, 2.24) is 9.97 Å². The van der Waals surface area contributed by atoms with Crippen molar-refractivity contribution < 1.29 is 33.3 Å². The molecule has 3 aromatic carbocycles. The molecule has 0 spiro atoms. The lowest BCUT2D eigenvalue weighted by Gasteiger charge is -2.24. The molecule has 3 heterocycles. The SMILES string of the molecule is O=C(OC[C@H]1O[C@H](c2scc3c(=S)nc[nH]c23)[C@H](OC(=O)c2ccccc2)[C@@H]1OC(=O)c1ccccc1)c1ccccc1. The van der Waals surface area contributed by atoms with Gasteiger partial charge in [-0.25, -0.2) is 19.4 Å². The number of nitrogens with zero attached hydrogens (tertiary/aromatic N) is 1. The van der Waals surface area contributed by atoms with Crippen molar-refractivity contribution in [3.8, 4) is 0 Å². The quantitative estimate of drug-likeness (QED) is 0.126. The monoisotopic (exact) mass is 612 g/mol. The van der Waals surface area contributed by atoms with Crippen LogP contribution in [0.3, 0.4) is 0 Å². The maximum absolute atomic E-state index is 13.4. The average molecular weight is 613 g/mol. The number of carbonyl (C=O) groups is 3. The second kappa shape index (κ2) is 12.7. The van der Waals surface area contributed by atoms with Crippen molar-refractivity contribution in [1.29, 1.82) is 0 Å². The van der Waals surface area contributed by atoms with E-state index in [0.717, 1.165) is 0 Å². The number of benzene rings is 3. The highest BCUT2D eigenvalue weighted by atomic mass is 32.1. The third kappa shape index (κ3) is 6.09. The van der Waals surface area contributed by atoms with Crippen LogP contribution in [0.5, 0.6) is 0 Å². The zero-order valence-electron chi connectivity index (χ0n) is 22.5. The van der Waals surface area contributed by atoms with Gasteiger partial charge in [0.15, 0.2) is 12.2 Å². The molecule has 4 atom stereocenters. The van der Waals surface area contributed by atoms with Gasteiger partial charge >= 0.3 is 17.9 Å². The van der Waals surface area contributed by atoms with Gasteiger partial charge in [-0.1, -0.05) is 66.8 Å². The molecule has 0 unspecified atom stereocenters. The molecule has 9 nitrogen and oxygen atoms in total. The molecular weight excluding hydrogens is 588 g/mol. The summed E-state index contributed by atoms with van der Waals surface area (Å²) in [6.07, 6.45) is -2.61. The molecule has 1 aliphatic heterocycles. The van der Waals surface area contributed by atoms with Crippen LogP contribution >= 0.6 is 23.6 Å². The Hall–Kier alpha value is -4.71. The van der Waals surface area contributed by atoms with Crippen LogP contribution in [0.25, 0.3) is 10.9 Å². The summed E-state index contributed by atoms with van der Waals surface area (Å²) in [7, 11) is 0. The smallest absolute Gasteiger partial charge is 0.338 e. The van der Waals surface area contributed by atoms with Crippen molar-refractivity contribution in [2.75, 3.05) is 6.61 Å². The maximum atomic E-state index is 13.4. The van der Waals surface area contributed by atoms with E-state index in [1.165, 1.54) is 17.7 Å². The van der Waals surface area contributed by atoms with Gasteiger partial charge in [-0.05, 0) is 36.4 Å². The first-order chi connectivity index (χ1) is 21.0. The van der Waals surface area contributed by atoms with Crippen molar-refractivity contribution in [2.24, 2.45) is 0 Å². The fourth-order valence-corrected chi connectivity index (χ4v) is 6.18. The predicted molar refractivity (Wildman–Crippen MR) is 160 cm³/mol. The lowest BCUT2D eigenvalue weighted by atomic mass is 10.0. The van der Waals surface area contributed by atoms with Crippen LogP contribution in [0.1, 0.15) is 42.1 Å². The molecule has 1 N–H and O–H groups in total. The Kier molecular flexibility index (Phi) is 8.36. The molecule has 0 saturated carbocycles. The number of hydrogen-bond acceptors (Lipinski definition) is 10. The van der Waals surface area contributed by atoms with Crippen molar-refractivity contribution >= 4 is 52.4 Å². The van der Waals surface area contributed by atoms with Crippen LogP contribution in [-0.4, -0.2) is 52.8 Å². The molecule has 0 bridgehead atoms. The number of thiophene rings is 1. The average Bonchev–Trinajstić information content (AvgIpc) is 3.63. The number of esters is 3. The first-order valence-electron chi connectivity index (χ1n) is 13.3. The van der Waals surface area contributed by atoms with E-state index in [0.29, 0.717) is 37.1 Å². The standard InChI is InChI=1S/C32H24N2O7S2/c35-30(19-10-4-1-5-11-19)38-16-23-25(40-31(36)20-12-6-2-7-13-20)26(41-32(37)21-14-8-3-9-15-21)27(39-23)28-24-22(17-43-28)29(42)34-18-33-24/h1-15,17-18,23,25-27H,16H2,(H,33,34,42)/t23-,25-,26-,27+/m1/s1. The van der Waals surface area contributed by atoms with E-state index in [1.807, 2.05) is 5.38 Å². The Morgan fingerprint density at radius 1 is 0.791 bits per heavy atom. The summed E-state index contributed by atoms with van der Waals surface area (Å²) in [5.41, 5.74) is 1.63. The zero-order valence-corrected chi connectivity index (χ0v) is 24.1. The number of H-pyrrole nitrogens is 1. The summed E-state index contributed by atoms with van der Waals surface area (Å²) < 4.78 is 24.5. The molecule has 5 aromatic rings. The predicted octanol–water partition coefficient (Wildman–Crippen LogP) is 6.10. The molecule has 1 saturated heterocycles. The highest BCUT2D eigenvalue weighted by molar-refractivity contribution is 7.71. The van der Waals surface area contributed by atoms with Gasteiger partial charge in [-0.15, -0.1) is 11.3 Å². The number of fused-ring (bicyclic) bond motifs is 1. The fraction of sp³-hybridized carbons (Fsp3) is 0.156. The molecule has 11 heteroatoms. The number of nitrogens with one attached hydrogen (secondary N) is 1. The Labute approximate surface area is 255 Å². The van der Waals surface area contributed by atoms with E-state index >= 15 is 0 Å². The lowest BCUT2D eigenvalue weighted by molar-refractivity contribution is -0.0448. The second-order valence-electron chi connectivity index (χ2n) is 9.63. The Balaban J connectivity index is 1.37. The summed E-state index contributed by atoms with van der Waals surface area (Å²) in [6.45, 7) is -0.267. The number of rotatable bonds is 8. The van der Waals surface area contributed by atoms with Crippen LogP contribution in [0.4, 0.5) is 0 Å². The molecule has 1 fully saturated rings. The van der Waals surface area contributed by atoms with E-state index in [9.17, 15) is 14.4 Å². The summed E-state index contributed by atoms with van der Waals surface area (Å²) in [4.78, 5) is 47.4. The number of hydrogen-bond donors (Lipinski definition) is 1. The topological polar surface area (TPSA) is 117 Å². The van der Waals surface area contributed by atoms with Crippen LogP contribution in [0, 0.1) is 4.64 Å². The van der Waals surface area contributed by atoms with E-state index in [4.69, 9.17) is 31.2 Å². The normalized spacial score (nSPS) is 19.5. The first-order valence-corrected chi connectivity index (χ1v) is 14.6. The number of carbonyl (C=O) groups excluding carboxylic acids is 3. The molecule has 1 aliphatic rings. The van der Waals surface area contributed by atoms with Gasteiger partial charge < -0.3 is 23.9 Å². The van der Waals surface area contributed by atoms with Gasteiger partial charge in [0, 0.05) is 10.8 Å². The maximum Gasteiger partial charge on any atom is 0.338 e. The molecule has 6 rings (SSSR count). The summed E-state index contributed by atoms with van der Waals surface area (Å²) in [5.74, 6) is -1.85. The fourth-order valence-electron chi connectivity index (χ4n) is 4.80. The van der Waals surface area contributed by atoms with E-state index < -0.39 is 42.3 Å². The van der Waals surface area contributed by atoms with Gasteiger partial charge in [0.25, 0.3) is 0 Å². The van der Waals surface area contributed by atoms with Crippen LogP contribution < -0.4 is 0 Å². The van der Waals surface area contributed by atoms with Gasteiger partial charge in [-0.3, -0.25) is 0 Å². The van der Waals surface area contributed by atoms with Crippen LogP contribution in [-0.2, 0) is 18.9 Å². The van der Waals surface area contributed by atoms with E-state index in [-0.39, 0.29) is 6.61 Å². The Morgan fingerprint density at radius 3 is 1.91 bits per heavy atom. The van der Waals surface area contributed by atoms with Crippen LogP contribution in [0.2, 0.25) is 0 Å². The third-order valence-electron chi connectivity index (χ3n) is 6.90. The summed E-state index contributed by atoms with van der Waals surface area (Å²) in [5, 5.41) is 2.54. The number of aromatic amines is 1. The first kappa shape index (κ1) is 28.4. The molecule has 216 valence electrons. The lowest BCUT2D eigenvalue weighted by Crippen LogP contribution is -2.40. The minimum Gasteiger partial charge on any atom is -0.459 e. The molecule has 0 aliphatic carbocycles. The van der Waals surface area contributed by atoms with Crippen molar-refractivity contribution in [3.05, 3.63) is 129 Å². The molecule has 0 amide bonds. The minimum atomic E-state index is -1.13. The summed E-state index contributed by atoms with van der Waals surface area (Å²) in [6, 6.07) is 25.4.